The second kappa shape index (κ2) is 4.06. The van der Waals surface area contributed by atoms with Gasteiger partial charge in [0.15, 0.2) is 11.6 Å². The third-order valence-corrected chi connectivity index (χ3v) is 3.38. The Hall–Kier alpha value is -1.95. The standard InChI is InChI=1S/C12H10BrN5/c1-7-8-4-2-3-5-9(8)12(16-15-7)18-6-10(13)11(14)17-18/h2-6H,1H3,(H2,14,17). The first-order valence-corrected chi connectivity index (χ1v) is 6.19. The fourth-order valence-electron chi connectivity index (χ4n) is 1.87. The molecule has 2 aromatic heterocycles. The predicted molar refractivity (Wildman–Crippen MR) is 73.5 cm³/mol. The molecular formula is C12H10BrN5. The quantitative estimate of drug-likeness (QED) is 0.750. The maximum Gasteiger partial charge on any atom is 0.183 e. The van der Waals surface area contributed by atoms with Crippen LogP contribution in [0.3, 0.4) is 0 Å². The summed E-state index contributed by atoms with van der Waals surface area (Å²) < 4.78 is 2.38. The van der Waals surface area contributed by atoms with Gasteiger partial charge in [0, 0.05) is 17.0 Å². The lowest BCUT2D eigenvalue weighted by atomic mass is 10.1. The summed E-state index contributed by atoms with van der Waals surface area (Å²) in [6, 6.07) is 7.96. The average Bonchev–Trinajstić information content (AvgIpc) is 2.70. The van der Waals surface area contributed by atoms with Crippen LogP contribution in [0.15, 0.2) is 34.9 Å². The average molecular weight is 304 g/mol. The molecule has 3 aromatic rings. The van der Waals surface area contributed by atoms with Crippen molar-refractivity contribution in [2.75, 3.05) is 5.73 Å². The van der Waals surface area contributed by atoms with Gasteiger partial charge < -0.3 is 5.73 Å². The molecule has 0 aliphatic rings. The molecule has 0 radical (unpaired) electrons. The fraction of sp³-hybridized carbons (Fsp3) is 0.0833. The maximum absolute atomic E-state index is 5.72. The molecule has 0 bridgehead atoms. The number of anilines is 1. The molecule has 3 rings (SSSR count). The molecule has 6 heteroatoms. The number of nitrogens with two attached hydrogens (primary N) is 1. The topological polar surface area (TPSA) is 69.6 Å². The van der Waals surface area contributed by atoms with E-state index in [0.29, 0.717) is 11.6 Å². The van der Waals surface area contributed by atoms with Gasteiger partial charge in [-0.3, -0.25) is 0 Å². The van der Waals surface area contributed by atoms with Gasteiger partial charge in [-0.15, -0.1) is 10.2 Å². The van der Waals surface area contributed by atoms with Crippen molar-refractivity contribution >= 4 is 32.5 Å². The number of benzene rings is 1. The Morgan fingerprint density at radius 1 is 1.17 bits per heavy atom. The van der Waals surface area contributed by atoms with Gasteiger partial charge in [0.25, 0.3) is 0 Å². The number of fused-ring (bicyclic) bond motifs is 1. The molecule has 18 heavy (non-hydrogen) atoms. The minimum absolute atomic E-state index is 0.432. The highest BCUT2D eigenvalue weighted by Crippen LogP contribution is 2.24. The van der Waals surface area contributed by atoms with E-state index in [4.69, 9.17) is 5.73 Å². The lowest BCUT2D eigenvalue weighted by Crippen LogP contribution is -2.03. The summed E-state index contributed by atoms with van der Waals surface area (Å²) in [6.45, 7) is 1.94. The van der Waals surface area contributed by atoms with Crippen LogP contribution >= 0.6 is 15.9 Å². The summed E-state index contributed by atoms with van der Waals surface area (Å²) in [7, 11) is 0. The normalized spacial score (nSPS) is 11.0. The second-order valence-corrected chi connectivity index (χ2v) is 4.82. The number of nitrogen functional groups attached to an aromatic ring is 1. The van der Waals surface area contributed by atoms with Crippen molar-refractivity contribution in [2.24, 2.45) is 0 Å². The second-order valence-electron chi connectivity index (χ2n) is 3.96. The summed E-state index contributed by atoms with van der Waals surface area (Å²) >= 11 is 3.34. The Bertz CT molecular complexity index is 715. The van der Waals surface area contributed by atoms with Gasteiger partial charge in [-0.2, -0.15) is 5.10 Å². The molecule has 5 nitrogen and oxygen atoms in total. The van der Waals surface area contributed by atoms with Crippen molar-refractivity contribution < 1.29 is 0 Å². The van der Waals surface area contributed by atoms with Crippen molar-refractivity contribution in [3.63, 3.8) is 0 Å². The number of aromatic nitrogens is 4. The minimum atomic E-state index is 0.432. The summed E-state index contributed by atoms with van der Waals surface area (Å²) in [4.78, 5) is 0. The van der Waals surface area contributed by atoms with Crippen LogP contribution in [0, 0.1) is 6.92 Å². The molecular weight excluding hydrogens is 294 g/mol. The number of rotatable bonds is 1. The van der Waals surface area contributed by atoms with Gasteiger partial charge in [0.05, 0.1) is 10.2 Å². The van der Waals surface area contributed by atoms with E-state index in [-0.39, 0.29) is 0 Å². The highest BCUT2D eigenvalue weighted by molar-refractivity contribution is 9.10. The number of halogens is 1. The van der Waals surface area contributed by atoms with Crippen molar-refractivity contribution in [3.8, 4) is 5.82 Å². The molecule has 2 N–H and O–H groups in total. The summed E-state index contributed by atoms with van der Waals surface area (Å²) in [5, 5.41) is 14.6. The third-order valence-electron chi connectivity index (χ3n) is 2.77. The lowest BCUT2D eigenvalue weighted by molar-refractivity contribution is 0.822. The van der Waals surface area contributed by atoms with Gasteiger partial charge in [0.1, 0.15) is 0 Å². The zero-order valence-corrected chi connectivity index (χ0v) is 11.2. The molecule has 0 saturated heterocycles. The van der Waals surface area contributed by atoms with Crippen molar-refractivity contribution in [2.45, 2.75) is 6.92 Å². The zero-order chi connectivity index (χ0) is 12.7. The molecule has 0 amide bonds. The molecule has 0 unspecified atom stereocenters. The molecule has 0 spiro atoms. The van der Waals surface area contributed by atoms with Gasteiger partial charge >= 0.3 is 0 Å². The van der Waals surface area contributed by atoms with Crippen LogP contribution in [0.2, 0.25) is 0 Å². The summed E-state index contributed by atoms with van der Waals surface area (Å²) in [6.07, 6.45) is 1.78. The number of hydrogen-bond acceptors (Lipinski definition) is 4. The first-order chi connectivity index (χ1) is 8.66. The minimum Gasteiger partial charge on any atom is -0.381 e. The first-order valence-electron chi connectivity index (χ1n) is 5.40. The van der Waals surface area contributed by atoms with Crippen molar-refractivity contribution in [1.82, 2.24) is 20.0 Å². The fourth-order valence-corrected chi connectivity index (χ4v) is 2.14. The van der Waals surface area contributed by atoms with E-state index in [2.05, 4.69) is 31.2 Å². The molecule has 0 saturated carbocycles. The number of nitrogens with zero attached hydrogens (tertiary/aromatic N) is 4. The van der Waals surface area contributed by atoms with Crippen LogP contribution < -0.4 is 5.73 Å². The largest absolute Gasteiger partial charge is 0.381 e. The van der Waals surface area contributed by atoms with E-state index in [1.807, 2.05) is 31.2 Å². The first kappa shape index (κ1) is 11.2. The van der Waals surface area contributed by atoms with E-state index < -0.39 is 0 Å². The van der Waals surface area contributed by atoms with Crippen molar-refractivity contribution in [3.05, 3.63) is 40.6 Å². The van der Waals surface area contributed by atoms with Gasteiger partial charge in [-0.05, 0) is 22.9 Å². The summed E-state index contributed by atoms with van der Waals surface area (Å²) in [5.74, 6) is 1.11. The zero-order valence-electron chi connectivity index (χ0n) is 9.63. The predicted octanol–water partition coefficient (Wildman–Crippen LogP) is 2.47. The van der Waals surface area contributed by atoms with E-state index in [9.17, 15) is 0 Å². The molecule has 0 fully saturated rings. The lowest BCUT2D eigenvalue weighted by Gasteiger charge is -2.06. The number of hydrogen-bond donors (Lipinski definition) is 1. The van der Waals surface area contributed by atoms with Gasteiger partial charge in [-0.1, -0.05) is 24.3 Å². The smallest absolute Gasteiger partial charge is 0.183 e. The highest BCUT2D eigenvalue weighted by atomic mass is 79.9. The molecule has 0 atom stereocenters. The van der Waals surface area contributed by atoms with E-state index in [0.717, 1.165) is 20.9 Å². The van der Waals surface area contributed by atoms with E-state index in [1.54, 1.807) is 10.9 Å². The Labute approximate surface area is 112 Å². The highest BCUT2D eigenvalue weighted by Gasteiger charge is 2.11. The van der Waals surface area contributed by atoms with Crippen LogP contribution in [0.4, 0.5) is 5.82 Å². The van der Waals surface area contributed by atoms with Crippen molar-refractivity contribution in [1.29, 1.82) is 0 Å². The van der Waals surface area contributed by atoms with E-state index in [1.165, 1.54) is 0 Å². The Kier molecular flexibility index (Phi) is 2.52. The summed E-state index contributed by atoms with van der Waals surface area (Å²) in [5.41, 5.74) is 6.62. The molecule has 1 aromatic carbocycles. The monoisotopic (exact) mass is 303 g/mol. The third kappa shape index (κ3) is 1.65. The Morgan fingerprint density at radius 2 is 1.89 bits per heavy atom. The SMILES string of the molecule is Cc1nnc(-n2cc(Br)c(N)n2)c2ccccc12. The molecule has 0 aliphatic heterocycles. The van der Waals surface area contributed by atoms with E-state index >= 15 is 0 Å². The maximum atomic E-state index is 5.72. The van der Waals surface area contributed by atoms with Gasteiger partial charge in [-0.25, -0.2) is 4.68 Å². The molecule has 90 valence electrons. The molecule has 2 heterocycles. The van der Waals surface area contributed by atoms with Crippen LogP contribution in [0.1, 0.15) is 5.69 Å². The van der Waals surface area contributed by atoms with Crippen LogP contribution in [-0.2, 0) is 0 Å². The number of aryl methyl sites for hydroxylation is 1. The van der Waals surface area contributed by atoms with Crippen LogP contribution in [0.25, 0.3) is 16.6 Å². The van der Waals surface area contributed by atoms with Gasteiger partial charge in [0.2, 0.25) is 0 Å². The Balaban J connectivity index is 2.33. The molecule has 0 aliphatic carbocycles. The van der Waals surface area contributed by atoms with Crippen LogP contribution in [-0.4, -0.2) is 20.0 Å². The van der Waals surface area contributed by atoms with Crippen LogP contribution in [0.5, 0.6) is 0 Å². The Morgan fingerprint density at radius 3 is 2.56 bits per heavy atom.